The molecule has 0 fully saturated rings. The Kier molecular flexibility index (Phi) is 2.95. The highest BCUT2D eigenvalue weighted by Gasteiger charge is 2.01. The summed E-state index contributed by atoms with van der Waals surface area (Å²) in [7, 11) is 2.02. The molecular formula is C13H15NO2. The molecule has 0 aliphatic heterocycles. The van der Waals surface area contributed by atoms with E-state index >= 15 is 0 Å². The number of nitrogens with zero attached hydrogens (tertiary/aromatic N) is 1. The zero-order chi connectivity index (χ0) is 11.5. The zero-order valence-electron chi connectivity index (χ0n) is 9.31. The normalized spacial score (nSPS) is 10.8. The molecule has 1 N–H and O–H groups in total. The molecule has 0 saturated heterocycles. The van der Waals surface area contributed by atoms with Crippen LogP contribution in [0.3, 0.4) is 0 Å². The number of aryl methyl sites for hydroxylation is 2. The van der Waals surface area contributed by atoms with E-state index in [1.54, 1.807) is 0 Å². The second kappa shape index (κ2) is 4.39. The van der Waals surface area contributed by atoms with E-state index in [2.05, 4.69) is 28.8 Å². The van der Waals surface area contributed by atoms with Crippen LogP contribution in [0.5, 0.6) is 0 Å². The van der Waals surface area contributed by atoms with Gasteiger partial charge in [0.2, 0.25) is 0 Å². The minimum atomic E-state index is -0.722. The van der Waals surface area contributed by atoms with Crippen LogP contribution in [0.15, 0.2) is 30.5 Å². The van der Waals surface area contributed by atoms with Gasteiger partial charge in [-0.25, -0.2) is 0 Å². The molecule has 3 nitrogen and oxygen atoms in total. The molecule has 0 amide bonds. The molecule has 3 heteroatoms. The van der Waals surface area contributed by atoms with Gasteiger partial charge < -0.3 is 9.67 Å². The first-order chi connectivity index (χ1) is 7.66. The predicted octanol–water partition coefficient (Wildman–Crippen LogP) is 2.59. The summed E-state index contributed by atoms with van der Waals surface area (Å²) in [6.45, 7) is 0. The van der Waals surface area contributed by atoms with Gasteiger partial charge in [-0.1, -0.05) is 12.1 Å². The Hall–Kier alpha value is -1.77. The van der Waals surface area contributed by atoms with Crippen LogP contribution in [0.25, 0.3) is 10.9 Å². The van der Waals surface area contributed by atoms with Gasteiger partial charge in [0.05, 0.1) is 0 Å². The lowest BCUT2D eigenvalue weighted by atomic mass is 10.1. The summed E-state index contributed by atoms with van der Waals surface area (Å²) < 4.78 is 2.08. The lowest BCUT2D eigenvalue weighted by Crippen LogP contribution is -1.96. The number of rotatable bonds is 4. The van der Waals surface area contributed by atoms with Crippen molar-refractivity contribution < 1.29 is 9.90 Å². The van der Waals surface area contributed by atoms with Gasteiger partial charge in [-0.05, 0) is 35.9 Å². The van der Waals surface area contributed by atoms with Crippen molar-refractivity contribution in [1.29, 1.82) is 0 Å². The smallest absolute Gasteiger partial charge is 0.303 e. The summed E-state index contributed by atoms with van der Waals surface area (Å²) in [5.74, 6) is -0.722. The van der Waals surface area contributed by atoms with Crippen LogP contribution >= 0.6 is 0 Å². The number of aromatic nitrogens is 1. The number of fused-ring (bicyclic) bond motifs is 1. The molecule has 0 radical (unpaired) electrons. The Morgan fingerprint density at radius 1 is 1.38 bits per heavy atom. The topological polar surface area (TPSA) is 42.2 Å². The van der Waals surface area contributed by atoms with Gasteiger partial charge in [-0.2, -0.15) is 0 Å². The van der Waals surface area contributed by atoms with Crippen molar-refractivity contribution in [2.75, 3.05) is 0 Å². The monoisotopic (exact) mass is 217 g/mol. The number of carboxylic acid groups (broad SMARTS) is 1. The van der Waals surface area contributed by atoms with Crippen LogP contribution in [0.1, 0.15) is 18.4 Å². The predicted molar refractivity (Wildman–Crippen MR) is 63.5 cm³/mol. The second-order valence-corrected chi connectivity index (χ2v) is 4.07. The summed E-state index contributed by atoms with van der Waals surface area (Å²) in [4.78, 5) is 10.4. The number of hydrogen-bond acceptors (Lipinski definition) is 1. The van der Waals surface area contributed by atoms with E-state index in [1.807, 2.05) is 13.2 Å². The van der Waals surface area contributed by atoms with Gasteiger partial charge in [0.1, 0.15) is 0 Å². The van der Waals surface area contributed by atoms with Crippen LogP contribution in [0.4, 0.5) is 0 Å². The largest absolute Gasteiger partial charge is 0.481 e. The van der Waals surface area contributed by atoms with Crippen LogP contribution in [-0.2, 0) is 18.3 Å². The van der Waals surface area contributed by atoms with Gasteiger partial charge in [0.25, 0.3) is 0 Å². The van der Waals surface area contributed by atoms with Crippen molar-refractivity contribution in [3.63, 3.8) is 0 Å². The minimum absolute atomic E-state index is 0.241. The maximum absolute atomic E-state index is 10.4. The van der Waals surface area contributed by atoms with E-state index in [9.17, 15) is 4.79 Å². The Morgan fingerprint density at radius 3 is 2.94 bits per heavy atom. The molecule has 1 heterocycles. The highest BCUT2D eigenvalue weighted by Crippen LogP contribution is 2.17. The third-order valence-corrected chi connectivity index (χ3v) is 2.81. The fourth-order valence-corrected chi connectivity index (χ4v) is 1.91. The maximum Gasteiger partial charge on any atom is 0.303 e. The van der Waals surface area contributed by atoms with Crippen molar-refractivity contribution in [2.24, 2.45) is 7.05 Å². The molecule has 0 saturated carbocycles. The molecule has 0 bridgehead atoms. The molecule has 1 aromatic heterocycles. The zero-order valence-corrected chi connectivity index (χ0v) is 9.31. The van der Waals surface area contributed by atoms with Gasteiger partial charge >= 0.3 is 5.97 Å². The van der Waals surface area contributed by atoms with Gasteiger partial charge in [0.15, 0.2) is 0 Å². The molecule has 2 rings (SSSR count). The first kappa shape index (κ1) is 10.7. The molecule has 84 valence electrons. The average Bonchev–Trinajstić information content (AvgIpc) is 2.60. The molecule has 1 aromatic carbocycles. The first-order valence-electron chi connectivity index (χ1n) is 5.42. The Morgan fingerprint density at radius 2 is 2.19 bits per heavy atom. The third kappa shape index (κ3) is 2.24. The second-order valence-electron chi connectivity index (χ2n) is 4.07. The maximum atomic E-state index is 10.4. The van der Waals surface area contributed by atoms with E-state index in [1.165, 1.54) is 16.5 Å². The van der Waals surface area contributed by atoms with Gasteiger partial charge in [-0.15, -0.1) is 0 Å². The molecule has 0 unspecified atom stereocenters. The third-order valence-electron chi connectivity index (χ3n) is 2.81. The summed E-state index contributed by atoms with van der Waals surface area (Å²) in [6, 6.07) is 8.38. The fourth-order valence-electron chi connectivity index (χ4n) is 1.91. The highest BCUT2D eigenvalue weighted by molar-refractivity contribution is 5.80. The standard InChI is InChI=1S/C13H15NO2/c1-14-8-7-11-6-5-10(9-12(11)14)3-2-4-13(15)16/h5-9H,2-4H2,1H3,(H,15,16). The highest BCUT2D eigenvalue weighted by atomic mass is 16.4. The lowest BCUT2D eigenvalue weighted by Gasteiger charge is -2.02. The van der Waals surface area contributed by atoms with Crippen molar-refractivity contribution in [1.82, 2.24) is 4.57 Å². The Labute approximate surface area is 94.3 Å². The number of carbonyl (C=O) groups is 1. The molecule has 0 spiro atoms. The average molecular weight is 217 g/mol. The van der Waals surface area contributed by atoms with Crippen molar-refractivity contribution >= 4 is 16.9 Å². The summed E-state index contributed by atoms with van der Waals surface area (Å²) in [5, 5.41) is 9.80. The van der Waals surface area contributed by atoms with Crippen molar-refractivity contribution in [2.45, 2.75) is 19.3 Å². The lowest BCUT2D eigenvalue weighted by molar-refractivity contribution is -0.137. The van der Waals surface area contributed by atoms with Crippen LogP contribution in [0.2, 0.25) is 0 Å². The SMILES string of the molecule is Cn1ccc2ccc(CCCC(=O)O)cc21. The van der Waals surface area contributed by atoms with E-state index < -0.39 is 5.97 Å². The molecule has 2 aromatic rings. The van der Waals surface area contributed by atoms with E-state index in [-0.39, 0.29) is 6.42 Å². The van der Waals surface area contributed by atoms with Crippen LogP contribution < -0.4 is 0 Å². The molecule has 0 aliphatic rings. The number of aliphatic carboxylic acids is 1. The van der Waals surface area contributed by atoms with E-state index in [4.69, 9.17) is 5.11 Å². The Bertz CT molecular complexity index is 514. The van der Waals surface area contributed by atoms with Crippen molar-refractivity contribution in [3.8, 4) is 0 Å². The quantitative estimate of drug-likeness (QED) is 0.855. The minimum Gasteiger partial charge on any atom is -0.481 e. The van der Waals surface area contributed by atoms with Crippen LogP contribution in [-0.4, -0.2) is 15.6 Å². The van der Waals surface area contributed by atoms with Crippen molar-refractivity contribution in [3.05, 3.63) is 36.0 Å². The van der Waals surface area contributed by atoms with Gasteiger partial charge in [-0.3, -0.25) is 4.79 Å². The molecular weight excluding hydrogens is 202 g/mol. The first-order valence-corrected chi connectivity index (χ1v) is 5.42. The summed E-state index contributed by atoms with van der Waals surface area (Å²) in [6.07, 6.45) is 3.80. The van der Waals surface area contributed by atoms with Gasteiger partial charge in [0, 0.05) is 25.2 Å². The molecule has 0 atom stereocenters. The summed E-state index contributed by atoms with van der Waals surface area (Å²) in [5.41, 5.74) is 2.41. The summed E-state index contributed by atoms with van der Waals surface area (Å²) >= 11 is 0. The van der Waals surface area contributed by atoms with Crippen LogP contribution in [0, 0.1) is 0 Å². The number of benzene rings is 1. The molecule has 16 heavy (non-hydrogen) atoms. The van der Waals surface area contributed by atoms with E-state index in [0.29, 0.717) is 6.42 Å². The number of carboxylic acids is 1. The number of hydrogen-bond donors (Lipinski definition) is 1. The Balaban J connectivity index is 2.12. The van der Waals surface area contributed by atoms with E-state index in [0.717, 1.165) is 6.42 Å². The fraction of sp³-hybridized carbons (Fsp3) is 0.308. The molecule has 0 aliphatic carbocycles.